The standard InChI is InChI=1S/C10H16N4O/c1-8(7-11)3-4-9(15)14-10-12-5-2-6-13-10/h2,5-6,8H,3-4,7,11H2,1H3,(H,12,13,14,15). The SMILES string of the molecule is CC(CN)CCC(=O)Nc1ncccn1. The van der Waals surface area contributed by atoms with Crippen molar-refractivity contribution in [1.29, 1.82) is 0 Å². The van der Waals surface area contributed by atoms with Gasteiger partial charge in [-0.1, -0.05) is 6.92 Å². The van der Waals surface area contributed by atoms with E-state index in [4.69, 9.17) is 5.73 Å². The highest BCUT2D eigenvalue weighted by Crippen LogP contribution is 2.04. The zero-order valence-electron chi connectivity index (χ0n) is 8.81. The van der Waals surface area contributed by atoms with Gasteiger partial charge in [0, 0.05) is 18.8 Å². The van der Waals surface area contributed by atoms with Gasteiger partial charge in [-0.05, 0) is 24.9 Å². The molecular formula is C10H16N4O. The molecule has 0 aliphatic rings. The minimum absolute atomic E-state index is 0.0681. The summed E-state index contributed by atoms with van der Waals surface area (Å²) >= 11 is 0. The molecule has 1 aromatic rings. The minimum Gasteiger partial charge on any atom is -0.330 e. The maximum Gasteiger partial charge on any atom is 0.229 e. The predicted molar refractivity (Wildman–Crippen MR) is 58.1 cm³/mol. The highest BCUT2D eigenvalue weighted by atomic mass is 16.1. The fourth-order valence-corrected chi connectivity index (χ4v) is 1.05. The first-order chi connectivity index (χ1) is 7.22. The van der Waals surface area contributed by atoms with Crippen molar-refractivity contribution in [2.75, 3.05) is 11.9 Å². The molecule has 5 heteroatoms. The lowest BCUT2D eigenvalue weighted by Crippen LogP contribution is -2.17. The van der Waals surface area contributed by atoms with Crippen molar-refractivity contribution in [2.45, 2.75) is 19.8 Å². The fourth-order valence-electron chi connectivity index (χ4n) is 1.05. The normalized spacial score (nSPS) is 12.1. The van der Waals surface area contributed by atoms with Gasteiger partial charge < -0.3 is 5.73 Å². The van der Waals surface area contributed by atoms with Crippen LogP contribution in [-0.2, 0) is 4.79 Å². The van der Waals surface area contributed by atoms with Crippen LogP contribution in [0, 0.1) is 5.92 Å². The molecule has 3 N–H and O–H groups in total. The maximum atomic E-state index is 11.4. The molecule has 0 fully saturated rings. The third-order valence-electron chi connectivity index (χ3n) is 2.08. The Labute approximate surface area is 89.1 Å². The van der Waals surface area contributed by atoms with Crippen LogP contribution in [0.3, 0.4) is 0 Å². The lowest BCUT2D eigenvalue weighted by atomic mass is 10.1. The highest BCUT2D eigenvalue weighted by Gasteiger charge is 2.06. The number of nitrogens with one attached hydrogen (secondary N) is 1. The Hall–Kier alpha value is -1.49. The second-order valence-corrected chi connectivity index (χ2v) is 3.50. The van der Waals surface area contributed by atoms with E-state index in [0.717, 1.165) is 6.42 Å². The molecule has 1 atom stereocenters. The monoisotopic (exact) mass is 208 g/mol. The molecule has 15 heavy (non-hydrogen) atoms. The summed E-state index contributed by atoms with van der Waals surface area (Å²) in [5.41, 5.74) is 5.45. The average molecular weight is 208 g/mol. The number of hydrogen-bond acceptors (Lipinski definition) is 4. The van der Waals surface area contributed by atoms with Crippen molar-refractivity contribution >= 4 is 11.9 Å². The Kier molecular flexibility index (Phi) is 4.70. The van der Waals surface area contributed by atoms with Crippen molar-refractivity contribution in [3.05, 3.63) is 18.5 Å². The number of carbonyl (C=O) groups excluding carboxylic acids is 1. The summed E-state index contributed by atoms with van der Waals surface area (Å²) in [4.78, 5) is 19.2. The molecule has 1 aromatic heterocycles. The van der Waals surface area contributed by atoms with Gasteiger partial charge in [0.25, 0.3) is 0 Å². The molecule has 0 saturated carbocycles. The first-order valence-corrected chi connectivity index (χ1v) is 4.99. The quantitative estimate of drug-likeness (QED) is 0.749. The number of hydrogen-bond donors (Lipinski definition) is 2. The summed E-state index contributed by atoms with van der Waals surface area (Å²) in [7, 11) is 0. The summed E-state index contributed by atoms with van der Waals surface area (Å²) < 4.78 is 0. The van der Waals surface area contributed by atoms with E-state index in [0.29, 0.717) is 24.8 Å². The van der Waals surface area contributed by atoms with Gasteiger partial charge in [0.05, 0.1) is 0 Å². The Balaban J connectivity index is 2.31. The van der Waals surface area contributed by atoms with Crippen LogP contribution in [0.5, 0.6) is 0 Å². The van der Waals surface area contributed by atoms with E-state index in [1.54, 1.807) is 18.5 Å². The van der Waals surface area contributed by atoms with E-state index in [1.807, 2.05) is 6.92 Å². The molecule has 1 unspecified atom stereocenters. The van der Waals surface area contributed by atoms with Crippen LogP contribution in [0.1, 0.15) is 19.8 Å². The van der Waals surface area contributed by atoms with Gasteiger partial charge in [-0.15, -0.1) is 0 Å². The molecule has 0 aromatic carbocycles. The first kappa shape index (κ1) is 11.6. The van der Waals surface area contributed by atoms with Crippen molar-refractivity contribution in [1.82, 2.24) is 9.97 Å². The zero-order valence-corrected chi connectivity index (χ0v) is 8.81. The molecule has 0 radical (unpaired) electrons. The smallest absolute Gasteiger partial charge is 0.229 e. The minimum atomic E-state index is -0.0681. The summed E-state index contributed by atoms with van der Waals surface area (Å²) in [6, 6.07) is 1.70. The predicted octanol–water partition coefficient (Wildman–Crippen LogP) is 0.790. The third-order valence-corrected chi connectivity index (χ3v) is 2.08. The molecule has 0 saturated heterocycles. The van der Waals surface area contributed by atoms with Crippen LogP contribution >= 0.6 is 0 Å². The van der Waals surface area contributed by atoms with Crippen LogP contribution in [0.15, 0.2) is 18.5 Å². The molecule has 1 heterocycles. The number of nitrogens with two attached hydrogens (primary N) is 1. The van der Waals surface area contributed by atoms with Crippen LogP contribution in [0.25, 0.3) is 0 Å². The van der Waals surface area contributed by atoms with Crippen LogP contribution in [0.4, 0.5) is 5.95 Å². The maximum absolute atomic E-state index is 11.4. The fraction of sp³-hybridized carbons (Fsp3) is 0.500. The molecule has 0 spiro atoms. The first-order valence-electron chi connectivity index (χ1n) is 4.99. The average Bonchev–Trinajstić information content (AvgIpc) is 2.27. The summed E-state index contributed by atoms with van der Waals surface area (Å²) in [5, 5.41) is 2.62. The Morgan fingerprint density at radius 2 is 2.20 bits per heavy atom. The topological polar surface area (TPSA) is 80.9 Å². The van der Waals surface area contributed by atoms with Gasteiger partial charge in [-0.2, -0.15) is 0 Å². The number of anilines is 1. The van der Waals surface area contributed by atoms with Gasteiger partial charge in [0.15, 0.2) is 0 Å². The van der Waals surface area contributed by atoms with Gasteiger partial charge in [0.1, 0.15) is 0 Å². The molecule has 0 aliphatic heterocycles. The molecule has 0 bridgehead atoms. The second kappa shape index (κ2) is 6.08. The van der Waals surface area contributed by atoms with Gasteiger partial charge >= 0.3 is 0 Å². The van der Waals surface area contributed by atoms with E-state index < -0.39 is 0 Å². The molecule has 1 rings (SSSR count). The molecule has 5 nitrogen and oxygen atoms in total. The van der Waals surface area contributed by atoms with E-state index in [2.05, 4.69) is 15.3 Å². The van der Waals surface area contributed by atoms with Crippen molar-refractivity contribution < 1.29 is 4.79 Å². The summed E-state index contributed by atoms with van der Waals surface area (Å²) in [6.07, 6.45) is 4.42. The molecule has 1 amide bonds. The van der Waals surface area contributed by atoms with Crippen molar-refractivity contribution in [3.63, 3.8) is 0 Å². The van der Waals surface area contributed by atoms with E-state index in [-0.39, 0.29) is 5.91 Å². The van der Waals surface area contributed by atoms with Crippen molar-refractivity contribution in [2.24, 2.45) is 11.7 Å². The number of rotatable bonds is 5. The van der Waals surface area contributed by atoms with Gasteiger partial charge in [-0.25, -0.2) is 9.97 Å². The zero-order chi connectivity index (χ0) is 11.1. The van der Waals surface area contributed by atoms with Gasteiger partial charge in [0.2, 0.25) is 11.9 Å². The molecular weight excluding hydrogens is 192 g/mol. The van der Waals surface area contributed by atoms with Crippen LogP contribution in [0.2, 0.25) is 0 Å². The Morgan fingerprint density at radius 1 is 1.53 bits per heavy atom. The Morgan fingerprint density at radius 3 is 2.80 bits per heavy atom. The highest BCUT2D eigenvalue weighted by molar-refractivity contribution is 5.88. The lowest BCUT2D eigenvalue weighted by Gasteiger charge is -2.07. The number of amides is 1. The third kappa shape index (κ3) is 4.51. The summed E-state index contributed by atoms with van der Waals surface area (Å²) in [6.45, 7) is 2.63. The van der Waals surface area contributed by atoms with Gasteiger partial charge in [-0.3, -0.25) is 10.1 Å². The number of nitrogens with zero attached hydrogens (tertiary/aromatic N) is 2. The lowest BCUT2D eigenvalue weighted by molar-refractivity contribution is -0.116. The van der Waals surface area contributed by atoms with Crippen molar-refractivity contribution in [3.8, 4) is 0 Å². The molecule has 82 valence electrons. The van der Waals surface area contributed by atoms with Crippen LogP contribution in [-0.4, -0.2) is 22.4 Å². The number of aromatic nitrogens is 2. The van der Waals surface area contributed by atoms with E-state index in [9.17, 15) is 4.79 Å². The number of carbonyl (C=O) groups is 1. The van der Waals surface area contributed by atoms with E-state index >= 15 is 0 Å². The largest absolute Gasteiger partial charge is 0.330 e. The second-order valence-electron chi connectivity index (χ2n) is 3.50. The van der Waals surface area contributed by atoms with Crippen LogP contribution < -0.4 is 11.1 Å². The van der Waals surface area contributed by atoms with E-state index in [1.165, 1.54) is 0 Å². The summed E-state index contributed by atoms with van der Waals surface area (Å²) in [5.74, 6) is 0.650. The molecule has 0 aliphatic carbocycles. The Bertz CT molecular complexity index is 302.